The SMILES string of the molecule is CC(C)/C=C/CCCCCCCCCCCC(C)C. The Balaban J connectivity index is 3.03. The molecule has 0 fully saturated rings. The zero-order valence-electron chi connectivity index (χ0n) is 14.1. The molecular formula is C19H38. The summed E-state index contributed by atoms with van der Waals surface area (Å²) in [5.41, 5.74) is 0. The van der Waals surface area contributed by atoms with Crippen LogP contribution in [0, 0.1) is 11.8 Å². The van der Waals surface area contributed by atoms with Crippen molar-refractivity contribution in [1.82, 2.24) is 0 Å². The molecule has 114 valence electrons. The minimum Gasteiger partial charge on any atom is -0.0883 e. The minimum absolute atomic E-state index is 0.718. The summed E-state index contributed by atoms with van der Waals surface area (Å²) in [6, 6.07) is 0. The molecule has 0 aromatic heterocycles. The Morgan fingerprint density at radius 1 is 0.632 bits per heavy atom. The van der Waals surface area contributed by atoms with E-state index in [4.69, 9.17) is 0 Å². The lowest BCUT2D eigenvalue weighted by Gasteiger charge is -2.04. The Bertz CT molecular complexity index is 188. The van der Waals surface area contributed by atoms with Gasteiger partial charge in [-0.1, -0.05) is 97.6 Å². The van der Waals surface area contributed by atoms with Crippen molar-refractivity contribution in [1.29, 1.82) is 0 Å². The molecule has 0 aliphatic carbocycles. The first-order valence-corrected chi connectivity index (χ1v) is 8.79. The van der Waals surface area contributed by atoms with Crippen molar-refractivity contribution in [2.75, 3.05) is 0 Å². The van der Waals surface area contributed by atoms with E-state index in [1.807, 2.05) is 0 Å². The standard InChI is InChI=1S/C19H38/c1-18(2)16-14-12-10-8-6-5-7-9-11-13-15-17-19(3)4/h14,16,18-19H,5-13,15,17H2,1-4H3/b16-14+. The van der Waals surface area contributed by atoms with Gasteiger partial charge < -0.3 is 0 Å². The molecule has 0 aliphatic rings. The molecule has 0 N–H and O–H groups in total. The lowest BCUT2D eigenvalue weighted by molar-refractivity contribution is 0.506. The summed E-state index contributed by atoms with van der Waals surface area (Å²) >= 11 is 0. The second kappa shape index (κ2) is 14.2. The maximum absolute atomic E-state index is 2.36. The molecule has 0 aliphatic heterocycles. The topological polar surface area (TPSA) is 0 Å². The van der Waals surface area contributed by atoms with Gasteiger partial charge in [-0.25, -0.2) is 0 Å². The van der Waals surface area contributed by atoms with Gasteiger partial charge in [0, 0.05) is 0 Å². The van der Waals surface area contributed by atoms with Gasteiger partial charge in [-0.05, 0) is 24.7 Å². The predicted molar refractivity (Wildman–Crippen MR) is 89.6 cm³/mol. The molecular weight excluding hydrogens is 228 g/mol. The summed E-state index contributed by atoms with van der Waals surface area (Å²) in [4.78, 5) is 0. The van der Waals surface area contributed by atoms with Crippen molar-refractivity contribution in [3.05, 3.63) is 12.2 Å². The Morgan fingerprint density at radius 3 is 1.58 bits per heavy atom. The van der Waals surface area contributed by atoms with Crippen LogP contribution in [0.2, 0.25) is 0 Å². The van der Waals surface area contributed by atoms with Crippen molar-refractivity contribution < 1.29 is 0 Å². The molecule has 0 radical (unpaired) electrons. The highest BCUT2D eigenvalue weighted by molar-refractivity contribution is 4.83. The van der Waals surface area contributed by atoms with Crippen LogP contribution in [0.5, 0.6) is 0 Å². The first-order valence-electron chi connectivity index (χ1n) is 8.79. The first-order chi connectivity index (χ1) is 9.13. The number of rotatable bonds is 13. The molecule has 0 aromatic rings. The van der Waals surface area contributed by atoms with Gasteiger partial charge in [0.25, 0.3) is 0 Å². The van der Waals surface area contributed by atoms with E-state index in [1.54, 1.807) is 0 Å². The minimum atomic E-state index is 0.718. The van der Waals surface area contributed by atoms with Gasteiger partial charge in [0.1, 0.15) is 0 Å². The predicted octanol–water partition coefficient (Wildman–Crippen LogP) is 7.15. The van der Waals surface area contributed by atoms with Gasteiger partial charge in [0.2, 0.25) is 0 Å². The maximum Gasteiger partial charge on any atom is -0.0290 e. The molecule has 0 unspecified atom stereocenters. The summed E-state index contributed by atoms with van der Waals surface area (Å²) in [5.74, 6) is 1.61. The average Bonchev–Trinajstić information content (AvgIpc) is 2.34. The van der Waals surface area contributed by atoms with Crippen LogP contribution in [0.3, 0.4) is 0 Å². The molecule has 0 amide bonds. The van der Waals surface area contributed by atoms with Gasteiger partial charge >= 0.3 is 0 Å². The highest BCUT2D eigenvalue weighted by Crippen LogP contribution is 2.13. The molecule has 0 heterocycles. The van der Waals surface area contributed by atoms with Gasteiger partial charge in [-0.3, -0.25) is 0 Å². The van der Waals surface area contributed by atoms with Gasteiger partial charge in [-0.15, -0.1) is 0 Å². The summed E-state index contributed by atoms with van der Waals surface area (Å²) < 4.78 is 0. The van der Waals surface area contributed by atoms with Crippen molar-refractivity contribution in [2.24, 2.45) is 11.8 Å². The zero-order valence-corrected chi connectivity index (χ0v) is 14.1. The Labute approximate surface area is 123 Å². The smallest absolute Gasteiger partial charge is 0.0290 e. The van der Waals surface area contributed by atoms with Crippen LogP contribution < -0.4 is 0 Å². The quantitative estimate of drug-likeness (QED) is 0.245. The molecule has 19 heavy (non-hydrogen) atoms. The summed E-state index contributed by atoms with van der Waals surface area (Å²) in [5, 5.41) is 0. The number of unbranched alkanes of at least 4 members (excludes halogenated alkanes) is 9. The lowest BCUT2D eigenvalue weighted by atomic mass is 10.0. The van der Waals surface area contributed by atoms with E-state index in [9.17, 15) is 0 Å². The van der Waals surface area contributed by atoms with E-state index in [1.165, 1.54) is 70.6 Å². The van der Waals surface area contributed by atoms with Crippen molar-refractivity contribution in [3.8, 4) is 0 Å². The fraction of sp³-hybridized carbons (Fsp3) is 0.895. The van der Waals surface area contributed by atoms with E-state index in [0.29, 0.717) is 0 Å². The van der Waals surface area contributed by atoms with Gasteiger partial charge in [0.05, 0.1) is 0 Å². The van der Waals surface area contributed by atoms with Crippen LogP contribution in [0.25, 0.3) is 0 Å². The summed E-state index contributed by atoms with van der Waals surface area (Å²) in [6.07, 6.45) is 20.4. The van der Waals surface area contributed by atoms with Crippen LogP contribution in [-0.2, 0) is 0 Å². The van der Waals surface area contributed by atoms with Crippen LogP contribution in [0.15, 0.2) is 12.2 Å². The van der Waals surface area contributed by atoms with E-state index in [2.05, 4.69) is 39.8 Å². The van der Waals surface area contributed by atoms with Gasteiger partial charge in [0.15, 0.2) is 0 Å². The molecule has 0 saturated heterocycles. The zero-order chi connectivity index (χ0) is 14.3. The molecule has 0 bridgehead atoms. The second-order valence-electron chi connectivity index (χ2n) is 6.83. The largest absolute Gasteiger partial charge is 0.0883 e. The highest BCUT2D eigenvalue weighted by Gasteiger charge is 1.95. The molecule has 0 rings (SSSR count). The summed E-state index contributed by atoms with van der Waals surface area (Å²) in [7, 11) is 0. The van der Waals surface area contributed by atoms with Crippen LogP contribution in [-0.4, -0.2) is 0 Å². The molecule has 0 aromatic carbocycles. The number of hydrogen-bond acceptors (Lipinski definition) is 0. The second-order valence-corrected chi connectivity index (χ2v) is 6.83. The number of hydrogen-bond donors (Lipinski definition) is 0. The van der Waals surface area contributed by atoms with Crippen molar-refractivity contribution >= 4 is 0 Å². The van der Waals surface area contributed by atoms with Crippen LogP contribution in [0.4, 0.5) is 0 Å². The lowest BCUT2D eigenvalue weighted by Crippen LogP contribution is -1.87. The molecule has 0 atom stereocenters. The maximum atomic E-state index is 2.36. The van der Waals surface area contributed by atoms with Gasteiger partial charge in [-0.2, -0.15) is 0 Å². The number of allylic oxidation sites excluding steroid dienone is 2. The fourth-order valence-electron chi connectivity index (χ4n) is 2.42. The third kappa shape index (κ3) is 17.7. The van der Waals surface area contributed by atoms with E-state index in [-0.39, 0.29) is 0 Å². The van der Waals surface area contributed by atoms with Crippen molar-refractivity contribution in [3.63, 3.8) is 0 Å². The Morgan fingerprint density at radius 2 is 1.11 bits per heavy atom. The van der Waals surface area contributed by atoms with Crippen molar-refractivity contribution in [2.45, 2.75) is 98.3 Å². The van der Waals surface area contributed by atoms with E-state index >= 15 is 0 Å². The Kier molecular flexibility index (Phi) is 14.0. The molecule has 0 spiro atoms. The van der Waals surface area contributed by atoms with E-state index in [0.717, 1.165) is 11.8 Å². The average molecular weight is 267 g/mol. The third-order valence-corrected chi connectivity index (χ3v) is 3.67. The molecule has 0 saturated carbocycles. The van der Waals surface area contributed by atoms with Crippen LogP contribution >= 0.6 is 0 Å². The van der Waals surface area contributed by atoms with Crippen LogP contribution in [0.1, 0.15) is 98.3 Å². The third-order valence-electron chi connectivity index (χ3n) is 3.67. The fourth-order valence-corrected chi connectivity index (χ4v) is 2.42. The Hall–Kier alpha value is -0.260. The molecule has 0 nitrogen and oxygen atoms in total. The monoisotopic (exact) mass is 266 g/mol. The highest BCUT2D eigenvalue weighted by atomic mass is 14.0. The normalized spacial score (nSPS) is 12.1. The first kappa shape index (κ1) is 18.7. The summed E-state index contributed by atoms with van der Waals surface area (Å²) in [6.45, 7) is 9.15. The molecule has 0 heteroatoms. The van der Waals surface area contributed by atoms with E-state index < -0.39 is 0 Å².